The first-order chi connectivity index (χ1) is 8.31. The van der Waals surface area contributed by atoms with Gasteiger partial charge in [0.1, 0.15) is 11.5 Å². The molecule has 0 aliphatic rings. The van der Waals surface area contributed by atoms with Gasteiger partial charge in [0.15, 0.2) is 0 Å². The highest BCUT2D eigenvalue weighted by molar-refractivity contribution is 5.87. The molecule has 0 saturated heterocycles. The van der Waals surface area contributed by atoms with Crippen LogP contribution in [0.25, 0.3) is 11.0 Å². The number of nitrogens with two attached hydrogens (primary N) is 2. The zero-order valence-electron chi connectivity index (χ0n) is 9.44. The van der Waals surface area contributed by atoms with E-state index in [2.05, 4.69) is 20.3 Å². The van der Waals surface area contributed by atoms with E-state index < -0.39 is 0 Å². The van der Waals surface area contributed by atoms with Crippen LogP contribution >= 0.6 is 0 Å². The fourth-order valence-corrected chi connectivity index (χ4v) is 1.52. The molecule has 0 atom stereocenters. The molecule has 2 aromatic rings. The van der Waals surface area contributed by atoms with Crippen molar-refractivity contribution in [3.05, 3.63) is 12.3 Å². The number of rotatable bonds is 6. The number of hydrogen-bond acceptors (Lipinski definition) is 6. The number of ether oxygens (including phenoxy) is 1. The van der Waals surface area contributed by atoms with E-state index in [0.29, 0.717) is 32.1 Å². The number of nitrogens with one attached hydrogen (secondary N) is 2. The van der Waals surface area contributed by atoms with Crippen molar-refractivity contribution in [2.45, 2.75) is 0 Å². The second-order valence-electron chi connectivity index (χ2n) is 3.50. The second kappa shape index (κ2) is 5.46. The summed E-state index contributed by atoms with van der Waals surface area (Å²) < 4.78 is 5.26. The van der Waals surface area contributed by atoms with Crippen LogP contribution < -0.4 is 16.8 Å². The summed E-state index contributed by atoms with van der Waals surface area (Å²) in [5, 5.41) is 4.07. The van der Waals surface area contributed by atoms with Gasteiger partial charge in [-0.15, -0.1) is 0 Å². The van der Waals surface area contributed by atoms with Crippen LogP contribution in [0.15, 0.2) is 12.3 Å². The first-order valence-electron chi connectivity index (χ1n) is 5.43. The van der Waals surface area contributed by atoms with Gasteiger partial charge < -0.3 is 26.5 Å². The predicted molar refractivity (Wildman–Crippen MR) is 66.7 cm³/mol. The highest BCUT2D eigenvalue weighted by atomic mass is 16.5. The summed E-state index contributed by atoms with van der Waals surface area (Å²) in [7, 11) is 0. The van der Waals surface area contributed by atoms with E-state index in [1.807, 2.05) is 6.07 Å². The van der Waals surface area contributed by atoms with Gasteiger partial charge in [0.05, 0.1) is 18.6 Å². The zero-order valence-corrected chi connectivity index (χ0v) is 9.44. The summed E-state index contributed by atoms with van der Waals surface area (Å²) in [5.41, 5.74) is 11.6. The van der Waals surface area contributed by atoms with Crippen LogP contribution in [-0.4, -0.2) is 41.3 Å². The van der Waals surface area contributed by atoms with Crippen LogP contribution in [0.3, 0.4) is 0 Å². The van der Waals surface area contributed by atoms with Crippen molar-refractivity contribution >= 4 is 22.8 Å². The van der Waals surface area contributed by atoms with Gasteiger partial charge in [0.2, 0.25) is 5.95 Å². The molecule has 17 heavy (non-hydrogen) atoms. The first-order valence-corrected chi connectivity index (χ1v) is 5.43. The fourth-order valence-electron chi connectivity index (χ4n) is 1.52. The van der Waals surface area contributed by atoms with Gasteiger partial charge in [0.25, 0.3) is 0 Å². The molecule has 7 heteroatoms. The third kappa shape index (κ3) is 2.83. The lowest BCUT2D eigenvalue weighted by Gasteiger charge is -2.07. The molecule has 0 spiro atoms. The summed E-state index contributed by atoms with van der Waals surface area (Å²) in [4.78, 5) is 11.2. The Labute approximate surface area is 98.6 Å². The number of aromatic amines is 1. The molecule has 0 aliphatic heterocycles. The fraction of sp³-hybridized carbons (Fsp3) is 0.400. The van der Waals surface area contributed by atoms with Crippen molar-refractivity contribution in [2.75, 3.05) is 37.4 Å². The van der Waals surface area contributed by atoms with Crippen molar-refractivity contribution < 1.29 is 4.74 Å². The maximum Gasteiger partial charge on any atom is 0.223 e. The monoisotopic (exact) mass is 236 g/mol. The Balaban J connectivity index is 2.00. The number of hydrogen-bond donors (Lipinski definition) is 4. The average molecular weight is 236 g/mol. The second-order valence-corrected chi connectivity index (χ2v) is 3.50. The number of anilines is 2. The van der Waals surface area contributed by atoms with Gasteiger partial charge in [-0.1, -0.05) is 0 Å². The largest absolute Gasteiger partial charge is 0.378 e. The summed E-state index contributed by atoms with van der Waals surface area (Å²) in [6.45, 7) is 2.32. The SMILES string of the molecule is NCCOCCNc1nc(N)nc2[nH]ccc12. The molecule has 7 nitrogen and oxygen atoms in total. The molecular weight excluding hydrogens is 220 g/mol. The molecule has 2 rings (SSSR count). The van der Waals surface area contributed by atoms with E-state index in [1.54, 1.807) is 6.20 Å². The Kier molecular flexibility index (Phi) is 3.73. The van der Waals surface area contributed by atoms with Crippen LogP contribution in [0.2, 0.25) is 0 Å². The van der Waals surface area contributed by atoms with Crippen LogP contribution in [0.1, 0.15) is 0 Å². The molecule has 2 aromatic heterocycles. The van der Waals surface area contributed by atoms with Gasteiger partial charge in [-0.25, -0.2) is 0 Å². The van der Waals surface area contributed by atoms with Crippen LogP contribution in [-0.2, 0) is 4.74 Å². The number of H-pyrrole nitrogens is 1. The van der Waals surface area contributed by atoms with E-state index in [0.717, 1.165) is 11.0 Å². The smallest absolute Gasteiger partial charge is 0.223 e. The zero-order chi connectivity index (χ0) is 12.1. The Hall–Kier alpha value is -1.86. The lowest BCUT2D eigenvalue weighted by molar-refractivity contribution is 0.151. The number of aromatic nitrogens is 3. The average Bonchev–Trinajstić information content (AvgIpc) is 2.76. The summed E-state index contributed by atoms with van der Waals surface area (Å²) >= 11 is 0. The molecule has 92 valence electrons. The first kappa shape index (κ1) is 11.6. The molecule has 0 amide bonds. The van der Waals surface area contributed by atoms with Crippen molar-refractivity contribution in [1.82, 2.24) is 15.0 Å². The molecule has 0 radical (unpaired) electrons. The number of fused-ring (bicyclic) bond motifs is 1. The predicted octanol–water partition coefficient (Wildman–Crippen LogP) is -0.0727. The van der Waals surface area contributed by atoms with Gasteiger partial charge in [0, 0.05) is 19.3 Å². The lowest BCUT2D eigenvalue weighted by atomic mass is 10.4. The molecular formula is C10H16N6O. The van der Waals surface area contributed by atoms with Gasteiger partial charge >= 0.3 is 0 Å². The third-order valence-electron chi connectivity index (χ3n) is 2.23. The lowest BCUT2D eigenvalue weighted by Crippen LogP contribution is -2.15. The molecule has 0 unspecified atom stereocenters. The third-order valence-corrected chi connectivity index (χ3v) is 2.23. The Bertz CT molecular complexity index is 483. The molecule has 2 heterocycles. The van der Waals surface area contributed by atoms with Crippen LogP contribution in [0.5, 0.6) is 0 Å². The van der Waals surface area contributed by atoms with E-state index in [-0.39, 0.29) is 5.95 Å². The number of nitrogens with zero attached hydrogens (tertiary/aromatic N) is 2. The van der Waals surface area contributed by atoms with Crippen molar-refractivity contribution in [1.29, 1.82) is 0 Å². The Morgan fingerprint density at radius 3 is 3.06 bits per heavy atom. The molecule has 6 N–H and O–H groups in total. The van der Waals surface area contributed by atoms with Crippen molar-refractivity contribution in [3.63, 3.8) is 0 Å². The molecule has 0 fully saturated rings. The van der Waals surface area contributed by atoms with E-state index >= 15 is 0 Å². The highest BCUT2D eigenvalue weighted by Gasteiger charge is 2.05. The maximum atomic E-state index is 5.61. The molecule has 0 saturated carbocycles. The Morgan fingerprint density at radius 2 is 2.24 bits per heavy atom. The summed E-state index contributed by atoms with van der Waals surface area (Å²) in [6, 6.07) is 1.90. The van der Waals surface area contributed by atoms with Crippen LogP contribution in [0, 0.1) is 0 Å². The van der Waals surface area contributed by atoms with Gasteiger partial charge in [-0.3, -0.25) is 0 Å². The van der Waals surface area contributed by atoms with E-state index in [4.69, 9.17) is 16.2 Å². The maximum absolute atomic E-state index is 5.61. The van der Waals surface area contributed by atoms with E-state index in [1.165, 1.54) is 0 Å². The van der Waals surface area contributed by atoms with Crippen molar-refractivity contribution in [2.24, 2.45) is 5.73 Å². The number of nitrogen functional groups attached to an aromatic ring is 1. The highest BCUT2D eigenvalue weighted by Crippen LogP contribution is 2.19. The standard InChI is InChI=1S/C10H16N6O/c11-2-5-17-6-4-14-9-7-1-3-13-8(7)15-10(12)16-9/h1,3H,2,4-6,11H2,(H4,12,13,14,15,16). The van der Waals surface area contributed by atoms with Gasteiger partial charge in [-0.05, 0) is 6.07 Å². The minimum absolute atomic E-state index is 0.241. The van der Waals surface area contributed by atoms with Gasteiger partial charge in [-0.2, -0.15) is 9.97 Å². The minimum atomic E-state index is 0.241. The summed E-state index contributed by atoms with van der Waals surface area (Å²) in [6.07, 6.45) is 1.80. The summed E-state index contributed by atoms with van der Waals surface area (Å²) in [5.74, 6) is 0.954. The topological polar surface area (TPSA) is 115 Å². The Morgan fingerprint density at radius 1 is 1.35 bits per heavy atom. The normalized spacial score (nSPS) is 10.9. The quantitative estimate of drug-likeness (QED) is 0.522. The minimum Gasteiger partial charge on any atom is -0.378 e. The van der Waals surface area contributed by atoms with Crippen molar-refractivity contribution in [3.8, 4) is 0 Å². The molecule has 0 bridgehead atoms. The van der Waals surface area contributed by atoms with Crippen LogP contribution in [0.4, 0.5) is 11.8 Å². The molecule has 0 aliphatic carbocycles. The van der Waals surface area contributed by atoms with E-state index in [9.17, 15) is 0 Å². The molecule has 0 aromatic carbocycles.